The third-order valence-electron chi connectivity index (χ3n) is 4.28. The lowest BCUT2D eigenvalue weighted by Gasteiger charge is -2.16. The Morgan fingerprint density at radius 3 is 2.50 bits per heavy atom. The summed E-state index contributed by atoms with van der Waals surface area (Å²) in [6.45, 7) is 1.95. The van der Waals surface area contributed by atoms with E-state index in [0.29, 0.717) is 12.0 Å². The summed E-state index contributed by atoms with van der Waals surface area (Å²) in [5, 5.41) is 0. The molecule has 1 aromatic heterocycles. The predicted octanol–water partition coefficient (Wildman–Crippen LogP) is 1.70. The SMILES string of the molecule is CN(CCCCCCc1cn(C(N)=O)c(=O)[nH]c1=O)Cc1ccccc1. The molecule has 0 saturated carbocycles. The lowest BCUT2D eigenvalue weighted by Crippen LogP contribution is -2.38. The molecule has 0 aliphatic heterocycles. The number of nitrogens with two attached hydrogens (primary N) is 1. The minimum Gasteiger partial charge on any atom is -0.351 e. The number of hydrogen-bond acceptors (Lipinski definition) is 4. The zero-order chi connectivity index (χ0) is 18.9. The topological polar surface area (TPSA) is 101 Å². The van der Waals surface area contributed by atoms with Gasteiger partial charge in [-0.3, -0.25) is 9.78 Å². The molecule has 7 heteroatoms. The fourth-order valence-corrected chi connectivity index (χ4v) is 2.88. The van der Waals surface area contributed by atoms with Gasteiger partial charge >= 0.3 is 11.7 Å². The average Bonchev–Trinajstić information content (AvgIpc) is 2.60. The molecule has 26 heavy (non-hydrogen) atoms. The Kier molecular flexibility index (Phi) is 7.35. The quantitative estimate of drug-likeness (QED) is 0.666. The Bertz CT molecular complexity index is 827. The minimum absolute atomic E-state index is 0.407. The summed E-state index contributed by atoms with van der Waals surface area (Å²) in [5.41, 5.74) is 5.57. The third-order valence-corrected chi connectivity index (χ3v) is 4.28. The monoisotopic (exact) mass is 358 g/mol. The van der Waals surface area contributed by atoms with E-state index in [-0.39, 0.29) is 0 Å². The van der Waals surface area contributed by atoms with Gasteiger partial charge in [-0.1, -0.05) is 43.2 Å². The van der Waals surface area contributed by atoms with E-state index >= 15 is 0 Å². The number of primary amides is 1. The zero-order valence-corrected chi connectivity index (χ0v) is 15.1. The highest BCUT2D eigenvalue weighted by Crippen LogP contribution is 2.07. The molecule has 0 spiro atoms. The number of rotatable bonds is 9. The van der Waals surface area contributed by atoms with Crippen molar-refractivity contribution in [1.82, 2.24) is 14.5 Å². The third kappa shape index (κ3) is 6.00. The highest BCUT2D eigenvalue weighted by Gasteiger charge is 2.08. The van der Waals surface area contributed by atoms with E-state index in [1.54, 1.807) is 0 Å². The lowest BCUT2D eigenvalue weighted by molar-refractivity contribution is 0.249. The molecular weight excluding hydrogens is 332 g/mol. The van der Waals surface area contributed by atoms with E-state index in [1.165, 1.54) is 11.8 Å². The molecule has 0 aliphatic rings. The maximum atomic E-state index is 11.8. The van der Waals surface area contributed by atoms with Crippen molar-refractivity contribution in [2.45, 2.75) is 38.6 Å². The summed E-state index contributed by atoms with van der Waals surface area (Å²) in [6, 6.07) is 9.47. The van der Waals surface area contributed by atoms with Gasteiger partial charge < -0.3 is 10.6 Å². The van der Waals surface area contributed by atoms with Crippen molar-refractivity contribution in [3.05, 3.63) is 68.5 Å². The molecule has 2 rings (SSSR count). The molecule has 2 aromatic rings. The first kappa shape index (κ1) is 19.7. The van der Waals surface area contributed by atoms with E-state index in [4.69, 9.17) is 5.73 Å². The summed E-state index contributed by atoms with van der Waals surface area (Å²) < 4.78 is 0.731. The van der Waals surface area contributed by atoms with Gasteiger partial charge in [0.25, 0.3) is 5.56 Å². The molecule has 1 heterocycles. The van der Waals surface area contributed by atoms with Crippen LogP contribution in [0.2, 0.25) is 0 Å². The van der Waals surface area contributed by atoms with Gasteiger partial charge in [-0.05, 0) is 38.4 Å². The number of nitrogens with one attached hydrogen (secondary N) is 1. The van der Waals surface area contributed by atoms with Gasteiger partial charge in [-0.25, -0.2) is 14.2 Å². The second-order valence-electron chi connectivity index (χ2n) is 6.51. The summed E-state index contributed by atoms with van der Waals surface area (Å²) >= 11 is 0. The second-order valence-corrected chi connectivity index (χ2v) is 6.51. The van der Waals surface area contributed by atoms with Gasteiger partial charge in [0.05, 0.1) is 0 Å². The van der Waals surface area contributed by atoms with Gasteiger partial charge in [0.15, 0.2) is 0 Å². The Morgan fingerprint density at radius 2 is 1.81 bits per heavy atom. The van der Waals surface area contributed by atoms with Crippen molar-refractivity contribution < 1.29 is 4.79 Å². The zero-order valence-electron chi connectivity index (χ0n) is 15.1. The van der Waals surface area contributed by atoms with Crippen molar-refractivity contribution in [2.75, 3.05) is 13.6 Å². The van der Waals surface area contributed by atoms with Crippen LogP contribution in [0.5, 0.6) is 0 Å². The number of nitrogens with zero attached hydrogens (tertiary/aromatic N) is 2. The Balaban J connectivity index is 1.69. The number of hydrogen-bond donors (Lipinski definition) is 2. The molecule has 0 unspecified atom stereocenters. The highest BCUT2D eigenvalue weighted by atomic mass is 16.2. The molecule has 0 aliphatic carbocycles. The van der Waals surface area contributed by atoms with E-state index in [9.17, 15) is 14.4 Å². The number of aromatic amines is 1. The largest absolute Gasteiger partial charge is 0.351 e. The molecule has 0 saturated heterocycles. The van der Waals surface area contributed by atoms with Crippen molar-refractivity contribution in [3.8, 4) is 0 Å². The first-order valence-electron chi connectivity index (χ1n) is 8.84. The van der Waals surface area contributed by atoms with E-state index < -0.39 is 17.3 Å². The number of aryl methyl sites for hydroxylation is 1. The average molecular weight is 358 g/mol. The van der Waals surface area contributed by atoms with Gasteiger partial charge in [0, 0.05) is 18.3 Å². The smallest absolute Gasteiger partial charge is 0.336 e. The van der Waals surface area contributed by atoms with E-state index in [0.717, 1.165) is 43.3 Å². The fraction of sp³-hybridized carbons (Fsp3) is 0.421. The van der Waals surface area contributed by atoms with Crippen LogP contribution in [-0.2, 0) is 13.0 Å². The van der Waals surface area contributed by atoms with E-state index in [2.05, 4.69) is 29.1 Å². The Labute approximate surface area is 152 Å². The van der Waals surface area contributed by atoms with Crippen LogP contribution in [0.25, 0.3) is 0 Å². The number of benzene rings is 1. The molecular formula is C19H26N4O3. The number of amides is 1. The van der Waals surface area contributed by atoms with Gasteiger partial charge in [0.2, 0.25) is 0 Å². The maximum absolute atomic E-state index is 11.8. The number of H-pyrrole nitrogens is 1. The lowest BCUT2D eigenvalue weighted by atomic mass is 10.1. The fourth-order valence-electron chi connectivity index (χ4n) is 2.88. The minimum atomic E-state index is -0.894. The van der Waals surface area contributed by atoms with Crippen LogP contribution < -0.4 is 17.0 Å². The van der Waals surface area contributed by atoms with Crippen LogP contribution in [0, 0.1) is 0 Å². The normalized spacial score (nSPS) is 11.0. The predicted molar refractivity (Wildman–Crippen MR) is 101 cm³/mol. The summed E-state index contributed by atoms with van der Waals surface area (Å²) in [5.74, 6) is 0. The van der Waals surface area contributed by atoms with Crippen molar-refractivity contribution in [1.29, 1.82) is 0 Å². The number of carbonyl (C=O) groups excluding carboxylic acids is 1. The summed E-state index contributed by atoms with van der Waals surface area (Å²) in [4.78, 5) is 38.8. The summed E-state index contributed by atoms with van der Waals surface area (Å²) in [6.07, 6.45) is 5.71. The van der Waals surface area contributed by atoms with Crippen LogP contribution in [-0.4, -0.2) is 34.1 Å². The Morgan fingerprint density at radius 1 is 1.12 bits per heavy atom. The number of aromatic nitrogens is 2. The highest BCUT2D eigenvalue weighted by molar-refractivity contribution is 5.74. The molecule has 0 bridgehead atoms. The molecule has 0 atom stereocenters. The van der Waals surface area contributed by atoms with Crippen LogP contribution in [0.1, 0.15) is 36.8 Å². The first-order valence-corrected chi connectivity index (χ1v) is 8.84. The molecule has 3 N–H and O–H groups in total. The molecule has 140 valence electrons. The van der Waals surface area contributed by atoms with Crippen LogP contribution >= 0.6 is 0 Å². The summed E-state index contributed by atoms with van der Waals surface area (Å²) in [7, 11) is 2.11. The van der Waals surface area contributed by atoms with Gasteiger partial charge in [-0.2, -0.15) is 0 Å². The molecule has 0 fully saturated rings. The van der Waals surface area contributed by atoms with Gasteiger partial charge in [-0.15, -0.1) is 0 Å². The number of carbonyl (C=O) groups is 1. The van der Waals surface area contributed by atoms with Crippen LogP contribution in [0.15, 0.2) is 46.1 Å². The first-order chi connectivity index (χ1) is 12.5. The molecule has 7 nitrogen and oxygen atoms in total. The van der Waals surface area contributed by atoms with E-state index in [1.807, 2.05) is 18.2 Å². The molecule has 1 aromatic carbocycles. The van der Waals surface area contributed by atoms with Crippen molar-refractivity contribution in [2.24, 2.45) is 5.73 Å². The van der Waals surface area contributed by atoms with Crippen molar-refractivity contribution >= 4 is 6.03 Å². The Hall–Kier alpha value is -2.67. The number of unbranched alkanes of at least 4 members (excludes halogenated alkanes) is 3. The van der Waals surface area contributed by atoms with Crippen LogP contribution in [0.3, 0.4) is 0 Å². The maximum Gasteiger partial charge on any atom is 0.336 e. The van der Waals surface area contributed by atoms with Gasteiger partial charge in [0.1, 0.15) is 0 Å². The van der Waals surface area contributed by atoms with Crippen LogP contribution in [0.4, 0.5) is 4.79 Å². The molecule has 0 radical (unpaired) electrons. The second kappa shape index (κ2) is 9.72. The molecule has 1 amide bonds. The van der Waals surface area contributed by atoms with Crippen molar-refractivity contribution in [3.63, 3.8) is 0 Å². The standard InChI is InChI=1S/C19H26N4O3/c1-22(13-15-9-5-4-6-10-15)12-8-3-2-7-11-16-14-23(18(20)25)19(26)21-17(16)24/h4-6,9-10,14H,2-3,7-8,11-13H2,1H3,(H2,20,25)(H,21,24,26).